The van der Waals surface area contributed by atoms with E-state index in [2.05, 4.69) is 4.98 Å². The van der Waals surface area contributed by atoms with Crippen molar-refractivity contribution >= 4 is 21.6 Å². The highest BCUT2D eigenvalue weighted by molar-refractivity contribution is 7.18. The number of H-pyrrole nitrogens is 1. The van der Waals surface area contributed by atoms with E-state index in [1.807, 2.05) is 23.1 Å². The number of hydrogen-bond donors (Lipinski definition) is 2. The lowest BCUT2D eigenvalue weighted by Crippen LogP contribution is -2.35. The van der Waals surface area contributed by atoms with E-state index in [9.17, 15) is 9.90 Å². The molecule has 0 spiro atoms. The zero-order chi connectivity index (χ0) is 22.6. The molecular weight excluding hydrogens is 442 g/mol. The summed E-state index contributed by atoms with van der Waals surface area (Å²) in [4.78, 5) is 24.8. The van der Waals surface area contributed by atoms with E-state index in [-0.39, 0.29) is 12.2 Å². The number of nitrogens with one attached hydrogen (secondary N) is 1. The van der Waals surface area contributed by atoms with Gasteiger partial charge in [-0.2, -0.15) is 0 Å². The quantitative estimate of drug-likeness (QED) is 0.365. The van der Waals surface area contributed by atoms with Crippen molar-refractivity contribution in [3.63, 3.8) is 0 Å². The minimum Gasteiger partial charge on any atom is -0.468 e. The summed E-state index contributed by atoms with van der Waals surface area (Å²) in [7, 11) is 0. The summed E-state index contributed by atoms with van der Waals surface area (Å²) >= 11 is 1.64. The van der Waals surface area contributed by atoms with Crippen LogP contribution in [0.15, 0.2) is 50.4 Å². The van der Waals surface area contributed by atoms with Crippen LogP contribution in [0.5, 0.6) is 0 Å². The summed E-state index contributed by atoms with van der Waals surface area (Å²) in [5.74, 6) is 2.07. The molecule has 0 saturated carbocycles. The van der Waals surface area contributed by atoms with Crippen LogP contribution in [0, 0.1) is 0 Å². The fourth-order valence-corrected chi connectivity index (χ4v) is 5.63. The topological polar surface area (TPSA) is 105 Å². The molecule has 0 bridgehead atoms. The van der Waals surface area contributed by atoms with Gasteiger partial charge < -0.3 is 23.7 Å². The van der Waals surface area contributed by atoms with E-state index in [4.69, 9.17) is 18.6 Å². The minimum absolute atomic E-state index is 0.0744. The van der Waals surface area contributed by atoms with Gasteiger partial charge in [0.05, 0.1) is 43.7 Å². The molecule has 0 fully saturated rings. The molecular formula is C24H27N3O5S. The normalized spacial score (nSPS) is 14.7. The number of thiophene rings is 1. The van der Waals surface area contributed by atoms with Crippen LogP contribution in [0.1, 0.15) is 40.6 Å². The Balaban J connectivity index is 1.30. The lowest BCUT2D eigenvalue weighted by atomic mass is 9.97. The van der Waals surface area contributed by atoms with Crippen molar-refractivity contribution < 1.29 is 18.7 Å². The summed E-state index contributed by atoms with van der Waals surface area (Å²) in [5.41, 5.74) is 1.10. The first kappa shape index (κ1) is 22.1. The Morgan fingerprint density at radius 3 is 2.73 bits per heavy atom. The standard InChI is InChI=1S/C24H27N3O5S/c28-16(14-30-15-18-6-4-10-32-18)11-27(12-17-5-3-9-31-17)13-21-25-23(29)22-19-7-1-2-8-20(19)33-24(22)26-21/h3-6,9-10,16,28H,1-2,7-8,11-15H2,(H,25,26,29)/t16-/m0/s1. The molecule has 0 radical (unpaired) electrons. The highest BCUT2D eigenvalue weighted by Gasteiger charge is 2.21. The van der Waals surface area contributed by atoms with Gasteiger partial charge in [0.25, 0.3) is 5.56 Å². The fourth-order valence-electron chi connectivity index (χ4n) is 4.34. The Bertz CT molecular complexity index is 1230. The molecule has 0 aromatic carbocycles. The first-order chi connectivity index (χ1) is 16.2. The predicted octanol–water partition coefficient (Wildman–Crippen LogP) is 3.63. The molecule has 8 nitrogen and oxygen atoms in total. The maximum Gasteiger partial charge on any atom is 0.259 e. The molecule has 33 heavy (non-hydrogen) atoms. The monoisotopic (exact) mass is 469 g/mol. The van der Waals surface area contributed by atoms with Gasteiger partial charge >= 0.3 is 0 Å². The van der Waals surface area contributed by atoms with Crippen LogP contribution in [-0.2, 0) is 37.3 Å². The number of fused-ring (bicyclic) bond motifs is 3. The summed E-state index contributed by atoms with van der Waals surface area (Å²) in [5, 5.41) is 11.3. The molecule has 5 rings (SSSR count). The SMILES string of the molecule is O=c1[nH]c(CN(Cc2ccco2)C[C@H](O)COCc2ccco2)nc2sc3c(c12)CCCC3. The van der Waals surface area contributed by atoms with Crippen molar-refractivity contribution in [2.45, 2.75) is 51.5 Å². The van der Waals surface area contributed by atoms with E-state index < -0.39 is 6.10 Å². The number of aryl methyl sites for hydroxylation is 2. The van der Waals surface area contributed by atoms with Gasteiger partial charge in [0.15, 0.2) is 0 Å². The number of aliphatic hydroxyl groups excluding tert-OH is 1. The van der Waals surface area contributed by atoms with Gasteiger partial charge in [0.2, 0.25) is 0 Å². The molecule has 0 unspecified atom stereocenters. The lowest BCUT2D eigenvalue weighted by Gasteiger charge is -2.23. The van der Waals surface area contributed by atoms with Crippen LogP contribution in [0.2, 0.25) is 0 Å². The molecule has 1 aliphatic rings. The molecule has 0 amide bonds. The van der Waals surface area contributed by atoms with Crippen LogP contribution in [0.3, 0.4) is 0 Å². The summed E-state index contributed by atoms with van der Waals surface area (Å²) in [6, 6.07) is 7.35. The third kappa shape index (κ3) is 5.27. The predicted molar refractivity (Wildman–Crippen MR) is 124 cm³/mol. The maximum absolute atomic E-state index is 12.9. The van der Waals surface area contributed by atoms with Crippen LogP contribution in [0.4, 0.5) is 0 Å². The van der Waals surface area contributed by atoms with Crippen LogP contribution in [0.25, 0.3) is 10.2 Å². The highest BCUT2D eigenvalue weighted by Crippen LogP contribution is 2.33. The van der Waals surface area contributed by atoms with Crippen molar-refractivity contribution in [1.82, 2.24) is 14.9 Å². The lowest BCUT2D eigenvalue weighted by molar-refractivity contribution is 0.00125. The number of rotatable bonds is 10. The van der Waals surface area contributed by atoms with Gasteiger partial charge in [0, 0.05) is 11.4 Å². The van der Waals surface area contributed by atoms with Gasteiger partial charge in [-0.1, -0.05) is 0 Å². The summed E-state index contributed by atoms with van der Waals surface area (Å²) in [6.45, 7) is 1.66. The summed E-state index contributed by atoms with van der Waals surface area (Å²) in [6.07, 6.45) is 6.76. The third-order valence-electron chi connectivity index (χ3n) is 5.81. The number of hydrogen-bond acceptors (Lipinski definition) is 8. The van der Waals surface area contributed by atoms with Crippen molar-refractivity contribution in [2.75, 3.05) is 13.2 Å². The molecule has 4 aromatic heterocycles. The zero-order valence-corrected chi connectivity index (χ0v) is 19.1. The van der Waals surface area contributed by atoms with E-state index in [0.29, 0.717) is 37.8 Å². The fraction of sp³-hybridized carbons (Fsp3) is 0.417. The molecule has 1 atom stereocenters. The Labute approximate surface area is 194 Å². The Morgan fingerprint density at radius 1 is 1.15 bits per heavy atom. The molecule has 1 aliphatic carbocycles. The third-order valence-corrected chi connectivity index (χ3v) is 7.00. The number of nitrogens with zero attached hydrogens (tertiary/aromatic N) is 2. The molecule has 0 aliphatic heterocycles. The van der Waals surface area contributed by atoms with Crippen molar-refractivity contribution in [2.24, 2.45) is 0 Å². The minimum atomic E-state index is -0.723. The molecule has 4 aromatic rings. The number of ether oxygens (including phenoxy) is 1. The molecule has 2 N–H and O–H groups in total. The van der Waals surface area contributed by atoms with Gasteiger partial charge in [0.1, 0.15) is 28.8 Å². The van der Waals surface area contributed by atoms with Gasteiger partial charge in [-0.3, -0.25) is 9.69 Å². The second kappa shape index (κ2) is 10.0. The average Bonchev–Trinajstić information content (AvgIpc) is 3.54. The number of aliphatic hydroxyl groups is 1. The molecule has 0 saturated heterocycles. The van der Waals surface area contributed by atoms with Crippen LogP contribution < -0.4 is 5.56 Å². The smallest absolute Gasteiger partial charge is 0.259 e. The average molecular weight is 470 g/mol. The second-order valence-electron chi connectivity index (χ2n) is 8.40. The Morgan fingerprint density at radius 2 is 1.94 bits per heavy atom. The van der Waals surface area contributed by atoms with Gasteiger partial charge in [-0.05, 0) is 55.5 Å². The largest absolute Gasteiger partial charge is 0.468 e. The molecule has 4 heterocycles. The zero-order valence-electron chi connectivity index (χ0n) is 18.3. The van der Waals surface area contributed by atoms with Crippen molar-refractivity contribution in [1.29, 1.82) is 0 Å². The van der Waals surface area contributed by atoms with Gasteiger partial charge in [-0.15, -0.1) is 11.3 Å². The van der Waals surface area contributed by atoms with Crippen molar-refractivity contribution in [3.8, 4) is 0 Å². The van der Waals surface area contributed by atoms with Gasteiger partial charge in [-0.25, -0.2) is 4.98 Å². The first-order valence-corrected chi connectivity index (χ1v) is 12.0. The second-order valence-corrected chi connectivity index (χ2v) is 9.48. The van der Waals surface area contributed by atoms with E-state index in [1.165, 1.54) is 16.9 Å². The maximum atomic E-state index is 12.9. The van der Waals surface area contributed by atoms with E-state index >= 15 is 0 Å². The van der Waals surface area contributed by atoms with E-state index in [1.54, 1.807) is 29.9 Å². The van der Waals surface area contributed by atoms with Crippen LogP contribution >= 0.6 is 11.3 Å². The number of furan rings is 2. The number of aromatic amines is 1. The highest BCUT2D eigenvalue weighted by atomic mass is 32.1. The van der Waals surface area contributed by atoms with E-state index in [0.717, 1.165) is 35.2 Å². The summed E-state index contributed by atoms with van der Waals surface area (Å²) < 4.78 is 16.3. The number of aromatic nitrogens is 2. The Kier molecular flexibility index (Phi) is 6.73. The van der Waals surface area contributed by atoms with Crippen molar-refractivity contribution in [3.05, 3.63) is 74.9 Å². The first-order valence-electron chi connectivity index (χ1n) is 11.2. The Hall–Kier alpha value is -2.72. The molecule has 174 valence electrons. The molecule has 9 heteroatoms. The van der Waals surface area contributed by atoms with Crippen LogP contribution in [-0.4, -0.2) is 39.2 Å².